The molecule has 0 saturated carbocycles. The van der Waals surface area contributed by atoms with Crippen LogP contribution in [0, 0.1) is 0 Å². The van der Waals surface area contributed by atoms with E-state index in [2.05, 4.69) is 9.98 Å². The quantitative estimate of drug-likeness (QED) is 0.295. The van der Waals surface area contributed by atoms with E-state index in [1.807, 2.05) is 73.1 Å². The van der Waals surface area contributed by atoms with Gasteiger partial charge >= 0.3 is 0 Å². The molecule has 0 aliphatic heterocycles. The lowest BCUT2D eigenvalue weighted by atomic mass is 10.2. The first-order chi connectivity index (χ1) is 14.9. The van der Waals surface area contributed by atoms with Crippen molar-refractivity contribution in [3.63, 3.8) is 0 Å². The first-order valence-electron chi connectivity index (χ1n) is 10.4. The zero-order chi connectivity index (χ0) is 21.0. The molecule has 0 N–H and O–H groups in total. The number of hydrogen-bond acceptors (Lipinski definition) is 6. The van der Waals surface area contributed by atoms with Crippen molar-refractivity contribution in [2.75, 3.05) is 65.9 Å². The van der Waals surface area contributed by atoms with E-state index >= 15 is 0 Å². The molecular weight excluding hydrogens is 380 g/mol. The van der Waals surface area contributed by atoms with Gasteiger partial charge in [-0.15, -0.1) is 0 Å². The smallest absolute Gasteiger partial charge is 0.0701 e. The molecule has 162 valence electrons. The van der Waals surface area contributed by atoms with Crippen LogP contribution in [-0.2, 0) is 18.9 Å². The molecule has 0 bridgehead atoms. The van der Waals surface area contributed by atoms with Crippen molar-refractivity contribution in [3.05, 3.63) is 71.8 Å². The summed E-state index contributed by atoms with van der Waals surface area (Å²) in [5.74, 6) is 0. The molecule has 0 aliphatic carbocycles. The Labute approximate surface area is 179 Å². The Bertz CT molecular complexity index is 631. The van der Waals surface area contributed by atoms with Crippen LogP contribution in [0.4, 0.5) is 0 Å². The number of aliphatic imine (C=N–C) groups is 2. The van der Waals surface area contributed by atoms with Crippen LogP contribution in [0.1, 0.15) is 11.1 Å². The van der Waals surface area contributed by atoms with Crippen molar-refractivity contribution >= 4 is 12.4 Å². The van der Waals surface area contributed by atoms with Crippen LogP contribution in [0.2, 0.25) is 0 Å². The van der Waals surface area contributed by atoms with E-state index in [-0.39, 0.29) is 0 Å². The summed E-state index contributed by atoms with van der Waals surface area (Å²) in [6.07, 6.45) is 3.72. The minimum atomic E-state index is 0.552. The Morgan fingerprint density at radius 2 is 0.800 bits per heavy atom. The maximum atomic E-state index is 5.48. The number of hydrogen-bond donors (Lipinski definition) is 0. The van der Waals surface area contributed by atoms with Gasteiger partial charge in [0.2, 0.25) is 0 Å². The van der Waals surface area contributed by atoms with Crippen molar-refractivity contribution in [2.45, 2.75) is 0 Å². The predicted octanol–water partition coefficient (Wildman–Crippen LogP) is 3.29. The lowest BCUT2D eigenvalue weighted by Crippen LogP contribution is -2.13. The molecule has 2 aromatic carbocycles. The molecule has 6 nitrogen and oxygen atoms in total. The molecule has 2 rings (SSSR count). The average molecular weight is 413 g/mol. The summed E-state index contributed by atoms with van der Waals surface area (Å²) in [6, 6.07) is 20.0. The van der Waals surface area contributed by atoms with Crippen LogP contribution in [0.3, 0.4) is 0 Å². The summed E-state index contributed by atoms with van der Waals surface area (Å²) in [5, 5.41) is 0. The van der Waals surface area contributed by atoms with Gasteiger partial charge in [0.1, 0.15) is 0 Å². The van der Waals surface area contributed by atoms with Gasteiger partial charge in [-0.3, -0.25) is 9.98 Å². The zero-order valence-corrected chi connectivity index (χ0v) is 17.5. The maximum Gasteiger partial charge on any atom is 0.0701 e. The molecule has 0 amide bonds. The van der Waals surface area contributed by atoms with Crippen LogP contribution in [0.25, 0.3) is 0 Å². The third kappa shape index (κ3) is 13.0. The number of rotatable bonds is 17. The van der Waals surface area contributed by atoms with Crippen molar-refractivity contribution < 1.29 is 18.9 Å². The summed E-state index contributed by atoms with van der Waals surface area (Å²) >= 11 is 0. The van der Waals surface area contributed by atoms with Gasteiger partial charge < -0.3 is 18.9 Å². The third-order valence-corrected chi connectivity index (χ3v) is 3.93. The molecule has 0 heterocycles. The van der Waals surface area contributed by atoms with Crippen LogP contribution >= 0.6 is 0 Å². The van der Waals surface area contributed by atoms with Crippen molar-refractivity contribution in [1.29, 1.82) is 0 Å². The van der Waals surface area contributed by atoms with E-state index in [9.17, 15) is 0 Å². The lowest BCUT2D eigenvalue weighted by Gasteiger charge is -2.06. The molecule has 6 heteroatoms. The summed E-state index contributed by atoms with van der Waals surface area (Å²) in [7, 11) is 0. The van der Waals surface area contributed by atoms with Gasteiger partial charge in [0.15, 0.2) is 0 Å². The van der Waals surface area contributed by atoms with Crippen molar-refractivity contribution in [1.82, 2.24) is 0 Å². The largest absolute Gasteiger partial charge is 0.377 e. The van der Waals surface area contributed by atoms with Gasteiger partial charge in [0, 0.05) is 12.4 Å². The fourth-order valence-corrected chi connectivity index (χ4v) is 2.41. The van der Waals surface area contributed by atoms with E-state index in [1.165, 1.54) is 0 Å². The summed E-state index contributed by atoms with van der Waals surface area (Å²) < 4.78 is 21.9. The van der Waals surface area contributed by atoms with Crippen LogP contribution in [0.5, 0.6) is 0 Å². The Hall–Kier alpha value is -2.38. The number of nitrogens with zero attached hydrogens (tertiary/aromatic N) is 2. The molecule has 0 fully saturated rings. The summed E-state index contributed by atoms with van der Waals surface area (Å²) in [6.45, 7) is 5.83. The monoisotopic (exact) mass is 412 g/mol. The first-order valence-corrected chi connectivity index (χ1v) is 10.4. The molecular formula is C24H32N2O4. The first kappa shape index (κ1) is 23.9. The predicted molar refractivity (Wildman–Crippen MR) is 121 cm³/mol. The van der Waals surface area contributed by atoms with Crippen LogP contribution < -0.4 is 0 Å². The molecule has 0 aromatic heterocycles. The fraction of sp³-hybridized carbons (Fsp3) is 0.417. The van der Waals surface area contributed by atoms with E-state index in [4.69, 9.17) is 18.9 Å². The van der Waals surface area contributed by atoms with Crippen LogP contribution in [0.15, 0.2) is 70.6 Å². The van der Waals surface area contributed by atoms with Crippen molar-refractivity contribution in [3.8, 4) is 0 Å². The molecule has 0 atom stereocenters. The minimum Gasteiger partial charge on any atom is -0.377 e. The molecule has 0 unspecified atom stereocenters. The third-order valence-electron chi connectivity index (χ3n) is 3.93. The van der Waals surface area contributed by atoms with E-state index in [0.29, 0.717) is 65.9 Å². The van der Waals surface area contributed by atoms with Gasteiger partial charge in [-0.25, -0.2) is 0 Å². The lowest BCUT2D eigenvalue weighted by molar-refractivity contribution is -0.0000822. The highest BCUT2D eigenvalue weighted by atomic mass is 16.6. The van der Waals surface area contributed by atoms with Gasteiger partial charge in [-0.05, 0) is 11.1 Å². The molecule has 0 aliphatic rings. The Balaban J connectivity index is 1.27. The molecule has 2 aromatic rings. The Morgan fingerprint density at radius 1 is 0.467 bits per heavy atom. The second kappa shape index (κ2) is 17.5. The molecule has 0 spiro atoms. The van der Waals surface area contributed by atoms with Crippen molar-refractivity contribution in [2.24, 2.45) is 9.98 Å². The maximum absolute atomic E-state index is 5.48. The van der Waals surface area contributed by atoms with Gasteiger partial charge in [0.25, 0.3) is 0 Å². The minimum absolute atomic E-state index is 0.552. The average Bonchev–Trinajstić information content (AvgIpc) is 2.79. The molecule has 0 radical (unpaired) electrons. The highest BCUT2D eigenvalue weighted by molar-refractivity contribution is 5.79. The standard InChI is InChI=1S/C24H32N2O4/c1-3-7-23(8-4-1)21-25-11-13-27-15-17-29-19-20-30-18-16-28-14-12-26-22-24-9-5-2-6-10-24/h1-10,21-22H,11-20H2. The number of benzene rings is 2. The van der Waals surface area contributed by atoms with E-state index < -0.39 is 0 Å². The van der Waals surface area contributed by atoms with E-state index in [1.54, 1.807) is 0 Å². The van der Waals surface area contributed by atoms with E-state index in [0.717, 1.165) is 11.1 Å². The zero-order valence-electron chi connectivity index (χ0n) is 17.5. The second-order valence-corrected chi connectivity index (χ2v) is 6.34. The second-order valence-electron chi connectivity index (χ2n) is 6.34. The SMILES string of the molecule is C(=NCCOCCOCCOCCOCCN=Cc1ccccc1)c1ccccc1. The topological polar surface area (TPSA) is 61.6 Å². The Morgan fingerprint density at radius 3 is 1.17 bits per heavy atom. The molecule has 30 heavy (non-hydrogen) atoms. The van der Waals surface area contributed by atoms with Gasteiger partial charge in [0.05, 0.1) is 65.9 Å². The highest BCUT2D eigenvalue weighted by Crippen LogP contribution is 1.94. The summed E-state index contributed by atoms with van der Waals surface area (Å²) in [5.41, 5.74) is 2.20. The van der Waals surface area contributed by atoms with Gasteiger partial charge in [-0.1, -0.05) is 60.7 Å². The van der Waals surface area contributed by atoms with Gasteiger partial charge in [-0.2, -0.15) is 0 Å². The van der Waals surface area contributed by atoms with Crippen LogP contribution in [-0.4, -0.2) is 78.4 Å². The fourth-order valence-electron chi connectivity index (χ4n) is 2.41. The summed E-state index contributed by atoms with van der Waals surface area (Å²) in [4.78, 5) is 8.65. The number of ether oxygens (including phenoxy) is 4. The Kier molecular flexibility index (Phi) is 13.9. The molecule has 0 saturated heterocycles. The highest BCUT2D eigenvalue weighted by Gasteiger charge is 1.93. The normalized spacial score (nSPS) is 11.6.